The maximum absolute atomic E-state index is 12.2. The number of nitrogens with zero attached hydrogens (tertiary/aromatic N) is 1. The lowest BCUT2D eigenvalue weighted by Gasteiger charge is -2.29. The number of carbonyl (C=O) groups is 1. The fraction of sp³-hybridized carbons (Fsp3) is 0.222. The zero-order valence-electron chi connectivity index (χ0n) is 13.1. The lowest BCUT2D eigenvalue weighted by molar-refractivity contribution is 0.0943. The maximum atomic E-state index is 12.2. The molecular formula is C18H18BrN3O. The minimum Gasteiger partial charge on any atom is -0.281 e. The fourth-order valence-corrected chi connectivity index (χ4v) is 2.92. The normalized spacial score (nSPS) is 15.3. The predicted molar refractivity (Wildman–Crippen MR) is 95.5 cm³/mol. The number of rotatable bonds is 1. The number of amides is 1. The van der Waals surface area contributed by atoms with Crippen molar-refractivity contribution in [1.29, 1.82) is 0 Å². The summed E-state index contributed by atoms with van der Waals surface area (Å²) >= 11 is 3.36. The van der Waals surface area contributed by atoms with Crippen molar-refractivity contribution in [2.75, 3.05) is 0 Å². The van der Waals surface area contributed by atoms with Crippen LogP contribution in [0.3, 0.4) is 0 Å². The largest absolute Gasteiger partial charge is 0.281 e. The second kappa shape index (κ2) is 6.16. The molecule has 1 aliphatic heterocycles. The zero-order valence-corrected chi connectivity index (χ0v) is 14.6. The molecule has 0 aliphatic carbocycles. The summed E-state index contributed by atoms with van der Waals surface area (Å²) in [5.41, 5.74) is 8.37. The molecule has 5 heteroatoms. The number of hydrogen-bond acceptors (Lipinski definition) is 3. The zero-order chi connectivity index (χ0) is 16.4. The van der Waals surface area contributed by atoms with Crippen LogP contribution in [0.2, 0.25) is 0 Å². The summed E-state index contributed by atoms with van der Waals surface area (Å²) in [7, 11) is 0. The topological polar surface area (TPSA) is 53.5 Å². The highest BCUT2D eigenvalue weighted by Gasteiger charge is 2.26. The predicted octanol–water partition coefficient (Wildman–Crippen LogP) is 3.47. The molecule has 0 fully saturated rings. The lowest BCUT2D eigenvalue weighted by atomic mass is 9.89. The number of aliphatic imine (C=N–C) groups is 1. The first-order valence-electron chi connectivity index (χ1n) is 7.45. The lowest BCUT2D eigenvalue weighted by Crippen LogP contribution is -2.45. The van der Waals surface area contributed by atoms with Crippen molar-refractivity contribution in [2.24, 2.45) is 4.99 Å². The second-order valence-corrected chi connectivity index (χ2v) is 7.11. The molecule has 4 nitrogen and oxygen atoms in total. The molecule has 118 valence electrons. The van der Waals surface area contributed by atoms with Gasteiger partial charge in [-0.05, 0) is 50.1 Å². The van der Waals surface area contributed by atoms with E-state index in [9.17, 15) is 4.79 Å². The van der Waals surface area contributed by atoms with E-state index in [1.54, 1.807) is 12.1 Å². The minimum absolute atomic E-state index is 0.193. The maximum Gasteiger partial charge on any atom is 0.269 e. The van der Waals surface area contributed by atoms with Crippen molar-refractivity contribution < 1.29 is 4.79 Å². The molecule has 0 aromatic heterocycles. The number of benzene rings is 2. The molecule has 0 bridgehead atoms. The van der Waals surface area contributed by atoms with Gasteiger partial charge in [0.1, 0.15) is 5.84 Å². The molecule has 0 saturated carbocycles. The molecule has 23 heavy (non-hydrogen) atoms. The van der Waals surface area contributed by atoms with E-state index in [-0.39, 0.29) is 11.4 Å². The molecule has 1 aliphatic rings. The van der Waals surface area contributed by atoms with Crippen LogP contribution in [0.15, 0.2) is 58.0 Å². The quantitative estimate of drug-likeness (QED) is 0.754. The van der Waals surface area contributed by atoms with Crippen LogP contribution in [0.4, 0.5) is 0 Å². The van der Waals surface area contributed by atoms with E-state index < -0.39 is 0 Å². The summed E-state index contributed by atoms with van der Waals surface area (Å²) in [5.74, 6) is 0.503. The molecule has 1 heterocycles. The first-order valence-corrected chi connectivity index (χ1v) is 8.24. The molecule has 2 aromatic rings. The Balaban J connectivity index is 1.77. The Morgan fingerprint density at radius 1 is 1.13 bits per heavy atom. The van der Waals surface area contributed by atoms with Crippen LogP contribution in [0, 0.1) is 0 Å². The van der Waals surface area contributed by atoms with Gasteiger partial charge in [0.15, 0.2) is 0 Å². The van der Waals surface area contributed by atoms with Crippen molar-refractivity contribution >= 4 is 27.7 Å². The Labute approximate surface area is 144 Å². The molecule has 0 saturated heterocycles. The van der Waals surface area contributed by atoms with Crippen LogP contribution in [-0.2, 0) is 6.42 Å². The van der Waals surface area contributed by atoms with Gasteiger partial charge in [0, 0.05) is 15.6 Å². The van der Waals surface area contributed by atoms with E-state index in [2.05, 4.69) is 46.7 Å². The number of hydrogen-bond donors (Lipinski definition) is 2. The highest BCUT2D eigenvalue weighted by Crippen LogP contribution is 2.25. The van der Waals surface area contributed by atoms with Crippen LogP contribution >= 0.6 is 15.9 Å². The summed E-state index contributed by atoms with van der Waals surface area (Å²) in [4.78, 5) is 16.9. The molecule has 2 N–H and O–H groups in total. The Morgan fingerprint density at radius 3 is 2.57 bits per heavy atom. The molecule has 0 spiro atoms. The van der Waals surface area contributed by atoms with Crippen LogP contribution in [-0.4, -0.2) is 17.3 Å². The summed E-state index contributed by atoms with van der Waals surface area (Å²) < 4.78 is 0.939. The fourth-order valence-electron chi connectivity index (χ4n) is 2.66. The van der Waals surface area contributed by atoms with E-state index >= 15 is 0 Å². The van der Waals surface area contributed by atoms with Crippen molar-refractivity contribution in [1.82, 2.24) is 10.9 Å². The van der Waals surface area contributed by atoms with E-state index in [1.165, 1.54) is 5.56 Å². The first-order chi connectivity index (χ1) is 10.9. The van der Waals surface area contributed by atoms with Gasteiger partial charge in [-0.2, -0.15) is 0 Å². The van der Waals surface area contributed by atoms with Gasteiger partial charge in [0.2, 0.25) is 0 Å². The third-order valence-corrected chi connectivity index (χ3v) is 4.24. The van der Waals surface area contributed by atoms with Gasteiger partial charge in [-0.25, -0.2) is 0 Å². The summed E-state index contributed by atoms with van der Waals surface area (Å²) in [6, 6.07) is 15.3. The molecule has 0 radical (unpaired) electrons. The van der Waals surface area contributed by atoms with Crippen molar-refractivity contribution in [2.45, 2.75) is 25.8 Å². The first kappa shape index (κ1) is 15.7. The third kappa shape index (κ3) is 3.62. The second-order valence-electron chi connectivity index (χ2n) is 6.19. The molecule has 0 unspecified atom stereocenters. The number of hydrazine groups is 1. The van der Waals surface area contributed by atoms with Gasteiger partial charge in [0.05, 0.1) is 5.54 Å². The van der Waals surface area contributed by atoms with E-state index in [0.717, 1.165) is 16.5 Å². The van der Waals surface area contributed by atoms with Gasteiger partial charge in [-0.1, -0.05) is 40.2 Å². The minimum atomic E-state index is -0.195. The van der Waals surface area contributed by atoms with Gasteiger partial charge < -0.3 is 0 Å². The number of nitrogens with one attached hydrogen (secondary N) is 2. The number of fused-ring (bicyclic) bond motifs is 1. The Kier molecular flexibility index (Phi) is 4.22. The Bertz CT molecular complexity index is 766. The number of halogens is 1. The molecule has 2 aromatic carbocycles. The third-order valence-electron chi connectivity index (χ3n) is 3.71. The SMILES string of the molecule is CC1(C)Cc2ccccc2C(NNC(=O)c2ccc(Br)cc2)=N1. The standard InChI is InChI=1S/C18H18BrN3O/c1-18(2)11-13-5-3-4-6-15(13)16(20-18)21-22-17(23)12-7-9-14(19)10-8-12/h3-10H,11H2,1-2H3,(H,20,21)(H,22,23). The molecule has 3 rings (SSSR count). The monoisotopic (exact) mass is 371 g/mol. The Morgan fingerprint density at radius 2 is 1.83 bits per heavy atom. The van der Waals surface area contributed by atoms with Crippen LogP contribution in [0.5, 0.6) is 0 Å². The van der Waals surface area contributed by atoms with Gasteiger partial charge in [0.25, 0.3) is 5.91 Å². The highest BCUT2D eigenvalue weighted by molar-refractivity contribution is 9.10. The summed E-state index contributed by atoms with van der Waals surface area (Å²) in [5, 5.41) is 0. The molecule has 1 amide bonds. The smallest absolute Gasteiger partial charge is 0.269 e. The summed E-state index contributed by atoms with van der Waals surface area (Å²) in [6.07, 6.45) is 0.884. The van der Waals surface area contributed by atoms with Gasteiger partial charge in [-0.3, -0.25) is 20.6 Å². The average Bonchev–Trinajstić information content (AvgIpc) is 2.52. The Hall–Kier alpha value is -2.14. The van der Waals surface area contributed by atoms with Crippen LogP contribution < -0.4 is 10.9 Å². The number of carbonyl (C=O) groups excluding carboxylic acids is 1. The van der Waals surface area contributed by atoms with Crippen LogP contribution in [0.1, 0.15) is 35.3 Å². The highest BCUT2D eigenvalue weighted by atomic mass is 79.9. The number of amidine groups is 1. The average molecular weight is 372 g/mol. The van der Waals surface area contributed by atoms with E-state index in [0.29, 0.717) is 11.4 Å². The van der Waals surface area contributed by atoms with E-state index in [4.69, 9.17) is 4.99 Å². The van der Waals surface area contributed by atoms with Crippen LogP contribution in [0.25, 0.3) is 0 Å². The summed E-state index contributed by atoms with van der Waals surface area (Å²) in [6.45, 7) is 4.17. The van der Waals surface area contributed by atoms with Gasteiger partial charge in [-0.15, -0.1) is 0 Å². The van der Waals surface area contributed by atoms with Crippen molar-refractivity contribution in [3.63, 3.8) is 0 Å². The van der Waals surface area contributed by atoms with E-state index in [1.807, 2.05) is 30.3 Å². The molecular weight excluding hydrogens is 354 g/mol. The molecule has 0 atom stereocenters. The van der Waals surface area contributed by atoms with Gasteiger partial charge >= 0.3 is 0 Å². The van der Waals surface area contributed by atoms with Crippen molar-refractivity contribution in [3.05, 3.63) is 69.7 Å². The van der Waals surface area contributed by atoms with Crippen molar-refractivity contribution in [3.8, 4) is 0 Å².